The Morgan fingerprint density at radius 1 is 1.09 bits per heavy atom. The van der Waals surface area contributed by atoms with Gasteiger partial charge in [-0.1, -0.05) is 30.3 Å². The average Bonchev–Trinajstić information content (AvgIpc) is 2.72. The van der Waals surface area contributed by atoms with Crippen molar-refractivity contribution >= 4 is 5.91 Å². The van der Waals surface area contributed by atoms with Crippen molar-refractivity contribution in [3.05, 3.63) is 35.9 Å². The van der Waals surface area contributed by atoms with Crippen LogP contribution in [0.25, 0.3) is 0 Å². The van der Waals surface area contributed by atoms with E-state index in [9.17, 15) is 4.79 Å². The highest BCUT2D eigenvalue weighted by Gasteiger charge is 2.17. The summed E-state index contributed by atoms with van der Waals surface area (Å²) < 4.78 is 0. The highest BCUT2D eigenvalue weighted by molar-refractivity contribution is 5.77. The molecule has 1 aromatic rings. The summed E-state index contributed by atoms with van der Waals surface area (Å²) in [5.41, 5.74) is 7.07. The van der Waals surface area contributed by atoms with Crippen molar-refractivity contribution in [3.8, 4) is 0 Å². The zero-order chi connectivity index (χ0) is 15.8. The minimum absolute atomic E-state index is 0.0465. The van der Waals surface area contributed by atoms with Crippen LogP contribution in [0.1, 0.15) is 25.8 Å². The quantitative estimate of drug-likeness (QED) is 0.776. The van der Waals surface area contributed by atoms with E-state index < -0.39 is 0 Å². The van der Waals surface area contributed by atoms with E-state index in [0.29, 0.717) is 6.54 Å². The number of hydrazine groups is 1. The molecule has 0 bridgehead atoms. The molecule has 1 aromatic carbocycles. The van der Waals surface area contributed by atoms with Gasteiger partial charge in [-0.2, -0.15) is 0 Å². The number of nitrogens with one attached hydrogen (secondary N) is 2. The van der Waals surface area contributed by atoms with Crippen LogP contribution in [0.4, 0.5) is 0 Å². The van der Waals surface area contributed by atoms with Gasteiger partial charge in [0.1, 0.15) is 0 Å². The summed E-state index contributed by atoms with van der Waals surface area (Å²) in [5, 5.41) is 0. The lowest BCUT2D eigenvalue weighted by atomic mass is 10.2. The number of carbonyl (C=O) groups is 1. The van der Waals surface area contributed by atoms with Crippen LogP contribution in [0.2, 0.25) is 0 Å². The SMILES string of the molecule is CC(C)NNC(=O)CN1CCCN(Cc2ccccc2)CC1. The molecule has 1 fully saturated rings. The molecule has 1 heterocycles. The van der Waals surface area contributed by atoms with E-state index in [0.717, 1.165) is 39.1 Å². The Morgan fingerprint density at radius 3 is 2.50 bits per heavy atom. The van der Waals surface area contributed by atoms with Crippen molar-refractivity contribution in [2.45, 2.75) is 32.9 Å². The fourth-order valence-corrected chi connectivity index (χ4v) is 2.65. The highest BCUT2D eigenvalue weighted by atomic mass is 16.2. The number of hydrogen-bond acceptors (Lipinski definition) is 4. The molecule has 2 N–H and O–H groups in total. The van der Waals surface area contributed by atoms with Crippen LogP contribution in [0.5, 0.6) is 0 Å². The smallest absolute Gasteiger partial charge is 0.248 e. The second kappa shape index (κ2) is 8.88. The molecule has 22 heavy (non-hydrogen) atoms. The van der Waals surface area contributed by atoms with Crippen molar-refractivity contribution in [3.63, 3.8) is 0 Å². The Bertz CT molecular complexity index is 449. The molecule has 0 radical (unpaired) electrons. The first-order valence-corrected chi connectivity index (χ1v) is 8.16. The third-order valence-electron chi connectivity index (χ3n) is 3.80. The number of carbonyl (C=O) groups excluding carboxylic acids is 1. The second-order valence-electron chi connectivity index (χ2n) is 6.24. The molecule has 0 aliphatic carbocycles. The molecule has 0 aromatic heterocycles. The summed E-state index contributed by atoms with van der Waals surface area (Å²) in [6.07, 6.45) is 1.11. The zero-order valence-corrected chi connectivity index (χ0v) is 13.7. The molecule has 0 saturated carbocycles. The topological polar surface area (TPSA) is 47.6 Å². The normalized spacial score (nSPS) is 17.4. The van der Waals surface area contributed by atoms with Gasteiger partial charge in [0.05, 0.1) is 6.54 Å². The molecule has 122 valence electrons. The third-order valence-corrected chi connectivity index (χ3v) is 3.80. The molecule has 1 aliphatic rings. The molecule has 5 heteroatoms. The van der Waals surface area contributed by atoms with Crippen molar-refractivity contribution in [1.29, 1.82) is 0 Å². The first-order chi connectivity index (χ1) is 10.6. The predicted octanol–water partition coefficient (Wildman–Crippen LogP) is 1.22. The second-order valence-corrected chi connectivity index (χ2v) is 6.24. The van der Waals surface area contributed by atoms with Gasteiger partial charge >= 0.3 is 0 Å². The fourth-order valence-electron chi connectivity index (χ4n) is 2.65. The standard InChI is InChI=1S/C17H28N4O/c1-15(2)18-19-17(22)14-21-10-6-9-20(11-12-21)13-16-7-4-3-5-8-16/h3-5,7-8,15,18H,6,9-14H2,1-2H3,(H,19,22). The maximum Gasteiger partial charge on any atom is 0.248 e. The van der Waals surface area contributed by atoms with Gasteiger partial charge < -0.3 is 0 Å². The predicted molar refractivity (Wildman–Crippen MR) is 89.2 cm³/mol. The van der Waals surface area contributed by atoms with Gasteiger partial charge in [-0.25, -0.2) is 5.43 Å². The molecule has 5 nitrogen and oxygen atoms in total. The van der Waals surface area contributed by atoms with Crippen molar-refractivity contribution in [2.75, 3.05) is 32.7 Å². The number of rotatable bonds is 6. The minimum Gasteiger partial charge on any atom is -0.298 e. The van der Waals surface area contributed by atoms with Crippen LogP contribution in [0.15, 0.2) is 30.3 Å². The largest absolute Gasteiger partial charge is 0.298 e. The Balaban J connectivity index is 1.74. The lowest BCUT2D eigenvalue weighted by molar-refractivity contribution is -0.123. The van der Waals surface area contributed by atoms with Crippen molar-refractivity contribution < 1.29 is 4.79 Å². The summed E-state index contributed by atoms with van der Waals surface area (Å²) in [7, 11) is 0. The maximum atomic E-state index is 11.9. The maximum absolute atomic E-state index is 11.9. The molecule has 1 aliphatic heterocycles. The van der Waals surface area contributed by atoms with Gasteiger partial charge in [0, 0.05) is 25.7 Å². The van der Waals surface area contributed by atoms with Crippen molar-refractivity contribution in [2.24, 2.45) is 0 Å². The molecule has 1 amide bonds. The number of amides is 1. The van der Waals surface area contributed by atoms with E-state index >= 15 is 0 Å². The first kappa shape index (κ1) is 16.9. The number of hydrogen-bond donors (Lipinski definition) is 2. The van der Waals surface area contributed by atoms with Gasteiger partial charge in [0.25, 0.3) is 0 Å². The molecule has 0 unspecified atom stereocenters. The fraction of sp³-hybridized carbons (Fsp3) is 0.588. The Kier molecular flexibility index (Phi) is 6.83. The average molecular weight is 304 g/mol. The molecular weight excluding hydrogens is 276 g/mol. The van der Waals surface area contributed by atoms with E-state index in [1.165, 1.54) is 5.56 Å². The zero-order valence-electron chi connectivity index (χ0n) is 13.7. The van der Waals surface area contributed by atoms with Crippen LogP contribution >= 0.6 is 0 Å². The van der Waals surface area contributed by atoms with Gasteiger partial charge in [-0.05, 0) is 38.9 Å². The molecule has 0 spiro atoms. The van der Waals surface area contributed by atoms with E-state index in [4.69, 9.17) is 0 Å². The van der Waals surface area contributed by atoms with E-state index in [1.54, 1.807) is 0 Å². The van der Waals surface area contributed by atoms with Crippen LogP contribution < -0.4 is 10.9 Å². The van der Waals surface area contributed by atoms with E-state index in [1.807, 2.05) is 13.8 Å². The molecular formula is C17H28N4O. The lowest BCUT2D eigenvalue weighted by Gasteiger charge is -2.21. The van der Waals surface area contributed by atoms with Crippen LogP contribution in [0.3, 0.4) is 0 Å². The molecule has 0 atom stereocenters. The number of nitrogens with zero attached hydrogens (tertiary/aromatic N) is 2. The van der Waals surface area contributed by atoms with Gasteiger partial charge in [0.15, 0.2) is 0 Å². The number of benzene rings is 1. The summed E-state index contributed by atoms with van der Waals surface area (Å²) in [5.74, 6) is 0.0465. The van der Waals surface area contributed by atoms with Crippen LogP contribution in [0, 0.1) is 0 Å². The summed E-state index contributed by atoms with van der Waals surface area (Å²) in [4.78, 5) is 16.6. The Labute approximate surface area is 133 Å². The summed E-state index contributed by atoms with van der Waals surface area (Å²) in [6, 6.07) is 10.8. The molecule has 1 saturated heterocycles. The summed E-state index contributed by atoms with van der Waals surface area (Å²) in [6.45, 7) is 9.52. The highest BCUT2D eigenvalue weighted by Crippen LogP contribution is 2.08. The first-order valence-electron chi connectivity index (χ1n) is 8.16. The van der Waals surface area contributed by atoms with Crippen LogP contribution in [-0.4, -0.2) is 54.5 Å². The Morgan fingerprint density at radius 2 is 1.77 bits per heavy atom. The van der Waals surface area contributed by atoms with Crippen molar-refractivity contribution in [1.82, 2.24) is 20.7 Å². The third kappa shape index (κ3) is 6.13. The Hall–Kier alpha value is -1.43. The van der Waals surface area contributed by atoms with Gasteiger partial charge in [0.2, 0.25) is 5.91 Å². The summed E-state index contributed by atoms with van der Waals surface area (Å²) >= 11 is 0. The minimum atomic E-state index is 0.0465. The van der Waals surface area contributed by atoms with Gasteiger partial charge in [-0.3, -0.25) is 20.0 Å². The lowest BCUT2D eigenvalue weighted by Crippen LogP contribution is -2.47. The van der Waals surface area contributed by atoms with Gasteiger partial charge in [-0.15, -0.1) is 0 Å². The van der Waals surface area contributed by atoms with Crippen LogP contribution in [-0.2, 0) is 11.3 Å². The molecule has 2 rings (SSSR count). The van der Waals surface area contributed by atoms with E-state index in [-0.39, 0.29) is 11.9 Å². The van der Waals surface area contributed by atoms with E-state index in [2.05, 4.69) is 51.0 Å². The monoisotopic (exact) mass is 304 g/mol.